The Hall–Kier alpha value is -2.08. The number of nitrogens with zero attached hydrogens (tertiary/aromatic N) is 3. The predicted octanol–water partition coefficient (Wildman–Crippen LogP) is 3.16. The van der Waals surface area contributed by atoms with E-state index in [0.717, 1.165) is 16.9 Å². The third kappa shape index (κ3) is 2.22. The molecule has 0 saturated carbocycles. The van der Waals surface area contributed by atoms with Crippen LogP contribution in [0.2, 0.25) is 0 Å². The standard InChI is InChI=1S/C14H13BrN4O/c1-19(2)12-6-5-10-14(17-12)18-13(16-10)8-3-4-9(15)11(20)7-8/h3-7,20H,1-2H3,(H,16,17,18). The van der Waals surface area contributed by atoms with E-state index >= 15 is 0 Å². The summed E-state index contributed by atoms with van der Waals surface area (Å²) in [4.78, 5) is 14.1. The Labute approximate surface area is 124 Å². The molecular weight excluding hydrogens is 320 g/mol. The summed E-state index contributed by atoms with van der Waals surface area (Å²) < 4.78 is 0.658. The maximum atomic E-state index is 9.74. The number of pyridine rings is 1. The summed E-state index contributed by atoms with van der Waals surface area (Å²) in [6.07, 6.45) is 0. The van der Waals surface area contributed by atoms with Gasteiger partial charge in [-0.1, -0.05) is 0 Å². The average Bonchev–Trinajstić information content (AvgIpc) is 2.84. The van der Waals surface area contributed by atoms with E-state index in [4.69, 9.17) is 0 Å². The van der Waals surface area contributed by atoms with Crippen molar-refractivity contribution in [3.8, 4) is 17.1 Å². The van der Waals surface area contributed by atoms with Crippen LogP contribution in [0, 0.1) is 0 Å². The van der Waals surface area contributed by atoms with Gasteiger partial charge >= 0.3 is 0 Å². The first-order valence-electron chi connectivity index (χ1n) is 6.07. The molecule has 6 heteroatoms. The first-order valence-corrected chi connectivity index (χ1v) is 6.87. The summed E-state index contributed by atoms with van der Waals surface area (Å²) in [5, 5.41) is 9.74. The molecule has 0 aliphatic rings. The molecule has 102 valence electrons. The van der Waals surface area contributed by atoms with E-state index in [1.54, 1.807) is 12.1 Å². The van der Waals surface area contributed by atoms with Crippen molar-refractivity contribution in [3.05, 3.63) is 34.8 Å². The van der Waals surface area contributed by atoms with Crippen LogP contribution in [0.5, 0.6) is 5.75 Å². The molecule has 5 nitrogen and oxygen atoms in total. The summed E-state index contributed by atoms with van der Waals surface area (Å²) >= 11 is 3.26. The minimum atomic E-state index is 0.185. The van der Waals surface area contributed by atoms with E-state index in [9.17, 15) is 5.11 Å². The lowest BCUT2D eigenvalue weighted by Gasteiger charge is -2.09. The van der Waals surface area contributed by atoms with Crippen molar-refractivity contribution in [1.82, 2.24) is 15.0 Å². The molecule has 0 fully saturated rings. The molecule has 0 radical (unpaired) electrons. The van der Waals surface area contributed by atoms with Gasteiger partial charge in [-0.2, -0.15) is 0 Å². The monoisotopic (exact) mass is 332 g/mol. The number of fused-ring (bicyclic) bond motifs is 1. The van der Waals surface area contributed by atoms with Crippen molar-refractivity contribution in [1.29, 1.82) is 0 Å². The molecule has 3 aromatic rings. The lowest BCUT2D eigenvalue weighted by Crippen LogP contribution is -2.10. The third-order valence-corrected chi connectivity index (χ3v) is 3.68. The number of aromatic hydroxyl groups is 1. The highest BCUT2D eigenvalue weighted by atomic mass is 79.9. The zero-order valence-electron chi connectivity index (χ0n) is 11.1. The summed E-state index contributed by atoms with van der Waals surface area (Å²) in [7, 11) is 3.88. The smallest absolute Gasteiger partial charge is 0.180 e. The van der Waals surface area contributed by atoms with E-state index < -0.39 is 0 Å². The molecule has 0 aliphatic carbocycles. The number of imidazole rings is 1. The molecule has 0 aliphatic heterocycles. The van der Waals surface area contributed by atoms with Gasteiger partial charge in [0.25, 0.3) is 0 Å². The predicted molar refractivity (Wildman–Crippen MR) is 83.0 cm³/mol. The first kappa shape index (κ1) is 12.9. The fraction of sp³-hybridized carbons (Fsp3) is 0.143. The van der Waals surface area contributed by atoms with Crippen LogP contribution in [0.25, 0.3) is 22.6 Å². The second-order valence-corrected chi connectivity index (χ2v) is 5.54. The zero-order chi connectivity index (χ0) is 14.3. The second-order valence-electron chi connectivity index (χ2n) is 4.69. The summed E-state index contributed by atoms with van der Waals surface area (Å²) in [6.45, 7) is 0. The number of nitrogens with one attached hydrogen (secondary N) is 1. The normalized spacial score (nSPS) is 10.9. The van der Waals surface area contributed by atoms with Gasteiger partial charge < -0.3 is 15.0 Å². The molecule has 0 saturated heterocycles. The SMILES string of the molecule is CN(C)c1ccc2[nH]c(-c3ccc(Br)c(O)c3)nc2n1. The molecule has 0 bridgehead atoms. The zero-order valence-corrected chi connectivity index (χ0v) is 12.6. The van der Waals surface area contributed by atoms with Crippen LogP contribution in [0.4, 0.5) is 5.82 Å². The second kappa shape index (κ2) is 4.79. The Balaban J connectivity index is 2.10. The Morgan fingerprint density at radius 1 is 1.15 bits per heavy atom. The lowest BCUT2D eigenvalue weighted by molar-refractivity contribution is 0.472. The number of halogens is 1. The van der Waals surface area contributed by atoms with E-state index in [2.05, 4.69) is 30.9 Å². The molecule has 2 heterocycles. The lowest BCUT2D eigenvalue weighted by atomic mass is 10.2. The minimum absolute atomic E-state index is 0.185. The Morgan fingerprint density at radius 3 is 2.65 bits per heavy atom. The van der Waals surface area contributed by atoms with E-state index in [1.165, 1.54) is 0 Å². The molecule has 0 atom stereocenters. The molecule has 0 spiro atoms. The number of phenolic OH excluding ortho intramolecular Hbond substituents is 1. The number of anilines is 1. The molecule has 1 aromatic carbocycles. The number of hydrogen-bond donors (Lipinski definition) is 2. The quantitative estimate of drug-likeness (QED) is 0.756. The van der Waals surface area contributed by atoms with Gasteiger partial charge in [-0.3, -0.25) is 0 Å². The summed E-state index contributed by atoms with van der Waals surface area (Å²) in [6, 6.07) is 9.22. The number of benzene rings is 1. The number of aromatic amines is 1. The molecule has 20 heavy (non-hydrogen) atoms. The van der Waals surface area contributed by atoms with Crippen LogP contribution in [-0.4, -0.2) is 34.2 Å². The highest BCUT2D eigenvalue weighted by Crippen LogP contribution is 2.29. The molecule has 0 unspecified atom stereocenters. The van der Waals surface area contributed by atoms with Gasteiger partial charge in [0.05, 0.1) is 9.99 Å². The minimum Gasteiger partial charge on any atom is -0.507 e. The number of hydrogen-bond acceptors (Lipinski definition) is 4. The number of rotatable bonds is 2. The topological polar surface area (TPSA) is 65.0 Å². The molecule has 0 amide bonds. The third-order valence-electron chi connectivity index (χ3n) is 3.01. The van der Waals surface area contributed by atoms with Gasteiger partial charge in [0, 0.05) is 19.7 Å². The Bertz CT molecular complexity index is 782. The van der Waals surface area contributed by atoms with Crippen LogP contribution < -0.4 is 4.90 Å². The molecule has 3 rings (SSSR count). The summed E-state index contributed by atoms with van der Waals surface area (Å²) in [5.74, 6) is 1.73. The van der Waals surface area contributed by atoms with Crippen LogP contribution in [-0.2, 0) is 0 Å². The van der Waals surface area contributed by atoms with Crippen LogP contribution in [0.3, 0.4) is 0 Å². The van der Waals surface area contributed by atoms with Crippen LogP contribution in [0.1, 0.15) is 0 Å². The largest absolute Gasteiger partial charge is 0.507 e. The van der Waals surface area contributed by atoms with Gasteiger partial charge in [-0.15, -0.1) is 0 Å². The van der Waals surface area contributed by atoms with Gasteiger partial charge in [-0.05, 0) is 46.3 Å². The van der Waals surface area contributed by atoms with Gasteiger partial charge in [-0.25, -0.2) is 9.97 Å². The number of phenols is 1. The van der Waals surface area contributed by atoms with E-state index in [-0.39, 0.29) is 5.75 Å². The maximum absolute atomic E-state index is 9.74. The van der Waals surface area contributed by atoms with Crippen molar-refractivity contribution in [2.75, 3.05) is 19.0 Å². The van der Waals surface area contributed by atoms with Crippen molar-refractivity contribution in [2.24, 2.45) is 0 Å². The number of aromatic nitrogens is 3. The van der Waals surface area contributed by atoms with Crippen molar-refractivity contribution < 1.29 is 5.11 Å². The van der Waals surface area contributed by atoms with Gasteiger partial charge in [0.15, 0.2) is 5.65 Å². The maximum Gasteiger partial charge on any atom is 0.180 e. The summed E-state index contributed by atoms with van der Waals surface area (Å²) in [5.41, 5.74) is 2.34. The average molecular weight is 333 g/mol. The number of H-pyrrole nitrogens is 1. The highest BCUT2D eigenvalue weighted by molar-refractivity contribution is 9.10. The molecule has 2 aromatic heterocycles. The van der Waals surface area contributed by atoms with E-state index in [1.807, 2.05) is 37.2 Å². The molecule has 2 N–H and O–H groups in total. The van der Waals surface area contributed by atoms with Gasteiger partial charge in [0.2, 0.25) is 0 Å². The highest BCUT2D eigenvalue weighted by Gasteiger charge is 2.09. The Kier molecular flexibility index (Phi) is 3.10. The molecular formula is C14H13BrN4O. The van der Waals surface area contributed by atoms with Crippen molar-refractivity contribution in [2.45, 2.75) is 0 Å². The van der Waals surface area contributed by atoms with Crippen LogP contribution >= 0.6 is 15.9 Å². The van der Waals surface area contributed by atoms with Crippen LogP contribution in [0.15, 0.2) is 34.8 Å². The Morgan fingerprint density at radius 2 is 1.95 bits per heavy atom. The van der Waals surface area contributed by atoms with Crippen molar-refractivity contribution >= 4 is 32.9 Å². The fourth-order valence-electron chi connectivity index (χ4n) is 1.93. The van der Waals surface area contributed by atoms with E-state index in [0.29, 0.717) is 15.9 Å². The van der Waals surface area contributed by atoms with Gasteiger partial charge in [0.1, 0.15) is 17.4 Å². The fourth-order valence-corrected chi connectivity index (χ4v) is 2.17. The first-order chi connectivity index (χ1) is 9.54. The van der Waals surface area contributed by atoms with Crippen molar-refractivity contribution in [3.63, 3.8) is 0 Å².